The third kappa shape index (κ3) is 5.37. The number of amides is 1. The molecule has 0 aliphatic carbocycles. The summed E-state index contributed by atoms with van der Waals surface area (Å²) in [6, 6.07) is 20.9. The van der Waals surface area contributed by atoms with Gasteiger partial charge in [0.15, 0.2) is 0 Å². The van der Waals surface area contributed by atoms with Crippen LogP contribution in [0.25, 0.3) is 11.0 Å². The molecule has 1 unspecified atom stereocenters. The minimum atomic E-state index is -0.263. The summed E-state index contributed by atoms with van der Waals surface area (Å²) in [7, 11) is 0. The van der Waals surface area contributed by atoms with Gasteiger partial charge in [0, 0.05) is 17.1 Å². The zero-order valence-corrected chi connectivity index (χ0v) is 19.9. The highest BCUT2D eigenvalue weighted by Gasteiger charge is 2.19. The summed E-state index contributed by atoms with van der Waals surface area (Å²) in [5, 5.41) is 3.67. The molecule has 0 bridgehead atoms. The van der Waals surface area contributed by atoms with E-state index in [0.29, 0.717) is 17.2 Å². The van der Waals surface area contributed by atoms with Crippen molar-refractivity contribution in [3.05, 3.63) is 94.3 Å². The van der Waals surface area contributed by atoms with Crippen LogP contribution in [0.1, 0.15) is 46.7 Å². The SMILES string of the molecule is Cc1ccc(OCCCn2c(C(C)NC(=O)c3ccc(Cl)cc3)nc3ccccc32)c(C)c1. The van der Waals surface area contributed by atoms with E-state index in [1.165, 1.54) is 5.56 Å². The number of ether oxygens (including phenoxy) is 1. The zero-order chi connectivity index (χ0) is 23.4. The standard InChI is InChI=1S/C27H28ClN3O2/c1-18-9-14-25(19(2)17-18)33-16-6-15-31-24-8-5-4-7-23(24)30-26(31)20(3)29-27(32)21-10-12-22(28)13-11-21/h4-5,7-14,17,20H,6,15-16H2,1-3H3,(H,29,32). The lowest BCUT2D eigenvalue weighted by atomic mass is 10.1. The van der Waals surface area contributed by atoms with Gasteiger partial charge in [-0.3, -0.25) is 4.79 Å². The van der Waals surface area contributed by atoms with Crippen molar-refractivity contribution in [3.8, 4) is 5.75 Å². The number of aryl methyl sites for hydroxylation is 3. The number of nitrogens with zero attached hydrogens (tertiary/aromatic N) is 2. The van der Waals surface area contributed by atoms with Gasteiger partial charge < -0.3 is 14.6 Å². The van der Waals surface area contributed by atoms with Crippen molar-refractivity contribution in [2.75, 3.05) is 6.61 Å². The van der Waals surface area contributed by atoms with Crippen molar-refractivity contribution >= 4 is 28.5 Å². The predicted octanol–water partition coefficient (Wildman–Crippen LogP) is 6.27. The molecule has 0 saturated heterocycles. The number of rotatable bonds is 8. The molecule has 0 fully saturated rings. The van der Waals surface area contributed by atoms with Gasteiger partial charge in [-0.05, 0) is 75.2 Å². The molecule has 0 aliphatic rings. The summed E-state index contributed by atoms with van der Waals surface area (Å²) < 4.78 is 8.19. The maximum Gasteiger partial charge on any atom is 0.251 e. The molecular formula is C27H28ClN3O2. The first kappa shape index (κ1) is 22.9. The van der Waals surface area contributed by atoms with E-state index in [4.69, 9.17) is 21.3 Å². The van der Waals surface area contributed by atoms with Gasteiger partial charge in [-0.2, -0.15) is 0 Å². The monoisotopic (exact) mass is 461 g/mol. The van der Waals surface area contributed by atoms with Gasteiger partial charge in [0.05, 0.1) is 23.7 Å². The molecule has 0 saturated carbocycles. The highest BCUT2D eigenvalue weighted by molar-refractivity contribution is 6.30. The highest BCUT2D eigenvalue weighted by Crippen LogP contribution is 2.23. The molecule has 5 nitrogen and oxygen atoms in total. The second kappa shape index (κ2) is 10.1. The molecule has 1 atom stereocenters. The minimum Gasteiger partial charge on any atom is -0.493 e. The Morgan fingerprint density at radius 1 is 1.09 bits per heavy atom. The van der Waals surface area contributed by atoms with E-state index < -0.39 is 0 Å². The van der Waals surface area contributed by atoms with E-state index in [-0.39, 0.29) is 11.9 Å². The van der Waals surface area contributed by atoms with Crippen LogP contribution in [0.4, 0.5) is 0 Å². The fourth-order valence-corrected chi connectivity index (χ4v) is 4.10. The molecule has 1 amide bonds. The summed E-state index contributed by atoms with van der Waals surface area (Å²) >= 11 is 5.94. The summed E-state index contributed by atoms with van der Waals surface area (Å²) in [4.78, 5) is 17.5. The number of aromatic nitrogens is 2. The van der Waals surface area contributed by atoms with Gasteiger partial charge in [-0.15, -0.1) is 0 Å². The summed E-state index contributed by atoms with van der Waals surface area (Å²) in [5.41, 5.74) is 4.89. The van der Waals surface area contributed by atoms with Crippen molar-refractivity contribution in [1.29, 1.82) is 0 Å². The molecule has 4 rings (SSSR count). The molecule has 4 aromatic rings. The number of fused-ring (bicyclic) bond motifs is 1. The van der Waals surface area contributed by atoms with Gasteiger partial charge in [0.25, 0.3) is 5.91 Å². The van der Waals surface area contributed by atoms with Crippen LogP contribution in [0.3, 0.4) is 0 Å². The molecular weight excluding hydrogens is 434 g/mol. The molecule has 3 aromatic carbocycles. The highest BCUT2D eigenvalue weighted by atomic mass is 35.5. The van der Waals surface area contributed by atoms with E-state index in [9.17, 15) is 4.79 Å². The van der Waals surface area contributed by atoms with Gasteiger partial charge in [0.1, 0.15) is 11.6 Å². The Bertz CT molecular complexity index is 1260. The number of hydrogen-bond donors (Lipinski definition) is 1. The Labute approximate surface area is 199 Å². The number of imidazole rings is 1. The van der Waals surface area contributed by atoms with Crippen LogP contribution in [0, 0.1) is 13.8 Å². The van der Waals surface area contributed by atoms with Gasteiger partial charge in [0.2, 0.25) is 0 Å². The second-order valence-corrected chi connectivity index (χ2v) is 8.72. The Morgan fingerprint density at radius 3 is 2.61 bits per heavy atom. The molecule has 170 valence electrons. The zero-order valence-electron chi connectivity index (χ0n) is 19.1. The number of hydrogen-bond acceptors (Lipinski definition) is 3. The lowest BCUT2D eigenvalue weighted by Crippen LogP contribution is -2.28. The second-order valence-electron chi connectivity index (χ2n) is 8.28. The predicted molar refractivity (Wildman–Crippen MR) is 133 cm³/mol. The molecule has 0 spiro atoms. The van der Waals surface area contributed by atoms with Crippen LogP contribution in [0.2, 0.25) is 5.02 Å². The Hall–Kier alpha value is -3.31. The van der Waals surface area contributed by atoms with Crippen molar-refractivity contribution < 1.29 is 9.53 Å². The third-order valence-corrected chi connectivity index (χ3v) is 5.89. The maximum atomic E-state index is 12.7. The van der Waals surface area contributed by atoms with Gasteiger partial charge in [-0.1, -0.05) is 41.4 Å². The lowest BCUT2D eigenvalue weighted by Gasteiger charge is -2.17. The third-order valence-electron chi connectivity index (χ3n) is 5.64. The maximum absolute atomic E-state index is 12.7. The summed E-state index contributed by atoms with van der Waals surface area (Å²) in [6.07, 6.45) is 0.818. The van der Waals surface area contributed by atoms with E-state index >= 15 is 0 Å². The fraction of sp³-hybridized carbons (Fsp3) is 0.259. The van der Waals surface area contributed by atoms with Crippen LogP contribution < -0.4 is 10.1 Å². The molecule has 0 radical (unpaired) electrons. The van der Waals surface area contributed by atoms with Crippen molar-refractivity contribution in [1.82, 2.24) is 14.9 Å². The molecule has 1 heterocycles. The number of nitrogens with one attached hydrogen (secondary N) is 1. The molecule has 1 aromatic heterocycles. The Balaban J connectivity index is 1.47. The smallest absolute Gasteiger partial charge is 0.251 e. The number of halogens is 1. The first-order valence-corrected chi connectivity index (χ1v) is 11.5. The molecule has 0 aliphatic heterocycles. The fourth-order valence-electron chi connectivity index (χ4n) is 3.97. The van der Waals surface area contributed by atoms with E-state index in [1.54, 1.807) is 24.3 Å². The van der Waals surface area contributed by atoms with E-state index in [1.807, 2.05) is 31.2 Å². The molecule has 1 N–H and O–H groups in total. The molecule has 33 heavy (non-hydrogen) atoms. The van der Waals surface area contributed by atoms with Crippen LogP contribution in [0.15, 0.2) is 66.7 Å². The summed E-state index contributed by atoms with van der Waals surface area (Å²) in [5.74, 6) is 1.58. The Kier molecular flexibility index (Phi) is 6.99. The van der Waals surface area contributed by atoms with Crippen molar-refractivity contribution in [2.24, 2.45) is 0 Å². The van der Waals surface area contributed by atoms with Crippen molar-refractivity contribution in [3.63, 3.8) is 0 Å². The number of carbonyl (C=O) groups is 1. The lowest BCUT2D eigenvalue weighted by molar-refractivity contribution is 0.0937. The quantitative estimate of drug-likeness (QED) is 0.315. The van der Waals surface area contributed by atoms with E-state index in [0.717, 1.165) is 41.1 Å². The van der Waals surface area contributed by atoms with Crippen LogP contribution in [0.5, 0.6) is 5.75 Å². The number of para-hydroxylation sites is 2. The van der Waals surface area contributed by atoms with Crippen LogP contribution in [-0.2, 0) is 6.54 Å². The van der Waals surface area contributed by atoms with Gasteiger partial charge in [-0.25, -0.2) is 4.98 Å². The molecule has 6 heteroatoms. The van der Waals surface area contributed by atoms with Crippen LogP contribution in [-0.4, -0.2) is 22.1 Å². The topological polar surface area (TPSA) is 56.1 Å². The average molecular weight is 462 g/mol. The van der Waals surface area contributed by atoms with Gasteiger partial charge >= 0.3 is 0 Å². The van der Waals surface area contributed by atoms with Crippen LogP contribution >= 0.6 is 11.6 Å². The normalized spacial score (nSPS) is 12.0. The first-order valence-electron chi connectivity index (χ1n) is 11.1. The number of carbonyl (C=O) groups excluding carboxylic acids is 1. The Morgan fingerprint density at radius 2 is 1.85 bits per heavy atom. The first-order chi connectivity index (χ1) is 15.9. The van der Waals surface area contributed by atoms with Crippen molar-refractivity contribution in [2.45, 2.75) is 39.8 Å². The number of benzene rings is 3. The summed E-state index contributed by atoms with van der Waals surface area (Å²) in [6.45, 7) is 7.44. The minimum absolute atomic E-state index is 0.157. The average Bonchev–Trinajstić information content (AvgIpc) is 3.17. The van der Waals surface area contributed by atoms with E-state index in [2.05, 4.69) is 41.9 Å². The largest absolute Gasteiger partial charge is 0.493 e.